The fraction of sp³-hybridized carbons (Fsp3) is 0.385. The van der Waals surface area contributed by atoms with Crippen LogP contribution >= 0.6 is 27.7 Å². The van der Waals surface area contributed by atoms with Crippen LogP contribution in [0.2, 0.25) is 0 Å². The maximum atomic E-state index is 6.05. The molecule has 0 saturated carbocycles. The second-order valence-electron chi connectivity index (χ2n) is 4.72. The predicted molar refractivity (Wildman–Crippen MR) is 80.2 cm³/mol. The zero-order chi connectivity index (χ0) is 13.4. The zero-order valence-corrected chi connectivity index (χ0v) is 12.9. The van der Waals surface area contributed by atoms with E-state index in [1.165, 1.54) is 0 Å². The Morgan fingerprint density at radius 3 is 2.95 bits per heavy atom. The molecule has 1 aliphatic rings. The molecule has 4 nitrogen and oxygen atoms in total. The van der Waals surface area contributed by atoms with Crippen molar-refractivity contribution in [1.29, 1.82) is 0 Å². The van der Waals surface area contributed by atoms with Crippen molar-refractivity contribution < 1.29 is 4.52 Å². The summed E-state index contributed by atoms with van der Waals surface area (Å²) in [6.07, 6.45) is 0. The first-order valence-corrected chi connectivity index (χ1v) is 8.03. The van der Waals surface area contributed by atoms with Crippen LogP contribution in [0.3, 0.4) is 0 Å². The third-order valence-corrected chi connectivity index (χ3v) is 5.02. The Kier molecular flexibility index (Phi) is 3.64. The summed E-state index contributed by atoms with van der Waals surface area (Å²) in [5.41, 5.74) is 8.17. The van der Waals surface area contributed by atoms with Gasteiger partial charge in [-0.15, -0.1) is 0 Å². The number of rotatable bonds is 2. The number of hydrogen-bond donors (Lipinski definition) is 1. The summed E-state index contributed by atoms with van der Waals surface area (Å²) in [4.78, 5) is 4.52. The third-order valence-electron chi connectivity index (χ3n) is 3.31. The molecule has 100 valence electrons. The maximum absolute atomic E-state index is 6.05. The van der Waals surface area contributed by atoms with E-state index < -0.39 is 0 Å². The number of aryl methyl sites for hydroxylation is 1. The quantitative estimate of drug-likeness (QED) is 0.911. The summed E-state index contributed by atoms with van der Waals surface area (Å²) < 4.78 is 6.44. The van der Waals surface area contributed by atoms with Gasteiger partial charge in [0.05, 0.1) is 5.92 Å². The molecule has 0 bridgehead atoms. The van der Waals surface area contributed by atoms with Gasteiger partial charge < -0.3 is 10.3 Å². The molecule has 6 heteroatoms. The average Bonchev–Trinajstić information content (AvgIpc) is 2.97. The Morgan fingerprint density at radius 1 is 1.42 bits per heavy atom. The number of hydrogen-bond acceptors (Lipinski definition) is 5. The highest BCUT2D eigenvalue weighted by molar-refractivity contribution is 9.10. The normalized spacial score (nSPS) is 22.9. The Balaban J connectivity index is 1.92. The fourth-order valence-electron chi connectivity index (χ4n) is 2.20. The molecule has 1 aliphatic heterocycles. The van der Waals surface area contributed by atoms with Crippen molar-refractivity contribution in [3.05, 3.63) is 34.1 Å². The Morgan fingerprint density at radius 2 is 2.26 bits per heavy atom. The van der Waals surface area contributed by atoms with Crippen LogP contribution in [0.5, 0.6) is 0 Å². The topological polar surface area (TPSA) is 64.9 Å². The molecule has 0 radical (unpaired) electrons. The van der Waals surface area contributed by atoms with Crippen molar-refractivity contribution in [2.24, 2.45) is 5.73 Å². The first-order chi connectivity index (χ1) is 9.15. The fourth-order valence-corrected chi connectivity index (χ4v) is 3.96. The summed E-state index contributed by atoms with van der Waals surface area (Å²) in [6, 6.07) is 6.14. The van der Waals surface area contributed by atoms with Gasteiger partial charge in [0.15, 0.2) is 0 Å². The monoisotopic (exact) mass is 339 g/mol. The van der Waals surface area contributed by atoms with Gasteiger partial charge in [-0.1, -0.05) is 21.1 Å². The van der Waals surface area contributed by atoms with Crippen LogP contribution in [0, 0.1) is 6.92 Å². The number of nitrogens with two attached hydrogens (primary N) is 1. The van der Waals surface area contributed by atoms with Crippen LogP contribution in [-0.4, -0.2) is 27.7 Å². The smallest absolute Gasteiger partial charge is 0.232 e. The molecule has 1 saturated heterocycles. The molecule has 1 aromatic carbocycles. The molecular weight excluding hydrogens is 326 g/mol. The molecule has 1 fully saturated rings. The number of thioether (sulfide) groups is 1. The number of benzene rings is 1. The standard InChI is InChI=1S/C13H14BrN3OS/c1-7-4-8(14)2-3-9(7)12-16-13(18-17-12)10-5-19-6-11(10)15/h2-4,10-11H,5-6,15H2,1H3. The van der Waals surface area contributed by atoms with E-state index in [1.807, 2.05) is 36.9 Å². The second kappa shape index (κ2) is 5.26. The number of nitrogens with zero attached hydrogens (tertiary/aromatic N) is 2. The molecule has 0 aliphatic carbocycles. The largest absolute Gasteiger partial charge is 0.339 e. The highest BCUT2D eigenvalue weighted by Gasteiger charge is 2.31. The van der Waals surface area contributed by atoms with Crippen molar-refractivity contribution in [3.8, 4) is 11.4 Å². The lowest BCUT2D eigenvalue weighted by molar-refractivity contribution is 0.352. The van der Waals surface area contributed by atoms with Gasteiger partial charge in [-0.05, 0) is 30.7 Å². The number of halogens is 1. The molecule has 0 spiro atoms. The van der Waals surface area contributed by atoms with Gasteiger partial charge in [0.1, 0.15) is 0 Å². The van der Waals surface area contributed by atoms with Crippen LogP contribution in [0.1, 0.15) is 17.4 Å². The molecule has 3 rings (SSSR count). The van der Waals surface area contributed by atoms with Gasteiger partial charge in [-0.2, -0.15) is 16.7 Å². The van der Waals surface area contributed by atoms with E-state index in [9.17, 15) is 0 Å². The van der Waals surface area contributed by atoms with Gasteiger partial charge in [-0.25, -0.2) is 0 Å². The van der Waals surface area contributed by atoms with E-state index in [-0.39, 0.29) is 12.0 Å². The van der Waals surface area contributed by atoms with Crippen molar-refractivity contribution in [2.75, 3.05) is 11.5 Å². The van der Waals surface area contributed by atoms with Gasteiger partial charge in [0, 0.05) is 27.6 Å². The average molecular weight is 340 g/mol. The Labute approximate surface area is 124 Å². The molecule has 1 aromatic heterocycles. The molecule has 2 atom stereocenters. The van der Waals surface area contributed by atoms with E-state index in [0.717, 1.165) is 27.1 Å². The van der Waals surface area contributed by atoms with Gasteiger partial charge in [0.2, 0.25) is 11.7 Å². The van der Waals surface area contributed by atoms with E-state index >= 15 is 0 Å². The van der Waals surface area contributed by atoms with Crippen molar-refractivity contribution in [1.82, 2.24) is 10.1 Å². The van der Waals surface area contributed by atoms with Crippen molar-refractivity contribution in [3.63, 3.8) is 0 Å². The molecule has 2 heterocycles. The lowest BCUT2D eigenvalue weighted by Gasteiger charge is -2.07. The van der Waals surface area contributed by atoms with Crippen molar-refractivity contribution in [2.45, 2.75) is 18.9 Å². The summed E-state index contributed by atoms with van der Waals surface area (Å²) >= 11 is 5.29. The van der Waals surface area contributed by atoms with E-state index in [0.29, 0.717) is 11.7 Å². The summed E-state index contributed by atoms with van der Waals surface area (Å²) in [5.74, 6) is 3.41. The molecule has 2 N–H and O–H groups in total. The minimum atomic E-state index is 0.115. The molecule has 2 aromatic rings. The van der Waals surface area contributed by atoms with Gasteiger partial charge in [-0.3, -0.25) is 0 Å². The highest BCUT2D eigenvalue weighted by Crippen LogP contribution is 2.32. The van der Waals surface area contributed by atoms with Gasteiger partial charge in [0.25, 0.3) is 0 Å². The third kappa shape index (κ3) is 2.57. The van der Waals surface area contributed by atoms with E-state index in [2.05, 4.69) is 26.1 Å². The molecule has 0 amide bonds. The van der Waals surface area contributed by atoms with Crippen LogP contribution < -0.4 is 5.73 Å². The number of aromatic nitrogens is 2. The Bertz CT molecular complexity index is 601. The SMILES string of the molecule is Cc1cc(Br)ccc1-c1noc(C2CSCC2N)n1. The first kappa shape index (κ1) is 13.1. The van der Waals surface area contributed by atoms with Crippen molar-refractivity contribution >= 4 is 27.7 Å². The Hall–Kier alpha value is -0.850. The van der Waals surface area contributed by atoms with Gasteiger partial charge >= 0.3 is 0 Å². The minimum Gasteiger partial charge on any atom is -0.339 e. The second-order valence-corrected chi connectivity index (χ2v) is 6.71. The van der Waals surface area contributed by atoms with Crippen LogP contribution in [0.15, 0.2) is 27.2 Å². The summed E-state index contributed by atoms with van der Waals surface area (Å²) in [6.45, 7) is 2.04. The summed E-state index contributed by atoms with van der Waals surface area (Å²) in [5, 5.41) is 4.09. The lowest BCUT2D eigenvalue weighted by Crippen LogP contribution is -2.26. The molecule has 19 heavy (non-hydrogen) atoms. The molecule has 2 unspecified atom stereocenters. The van der Waals surface area contributed by atoms with Crippen LogP contribution in [-0.2, 0) is 0 Å². The lowest BCUT2D eigenvalue weighted by atomic mass is 10.1. The van der Waals surface area contributed by atoms with Crippen LogP contribution in [0.25, 0.3) is 11.4 Å². The zero-order valence-electron chi connectivity index (χ0n) is 10.5. The predicted octanol–water partition coefficient (Wildman–Crippen LogP) is 2.97. The molecular formula is C13H14BrN3OS. The van der Waals surface area contributed by atoms with E-state index in [1.54, 1.807) is 0 Å². The maximum Gasteiger partial charge on any atom is 0.232 e. The summed E-state index contributed by atoms with van der Waals surface area (Å²) in [7, 11) is 0. The van der Waals surface area contributed by atoms with E-state index in [4.69, 9.17) is 10.3 Å². The minimum absolute atomic E-state index is 0.115. The first-order valence-electron chi connectivity index (χ1n) is 6.08. The van der Waals surface area contributed by atoms with Crippen LogP contribution in [0.4, 0.5) is 0 Å². The highest BCUT2D eigenvalue weighted by atomic mass is 79.9.